The first-order valence-electron chi connectivity index (χ1n) is 9.35. The smallest absolute Gasteiger partial charge is 0.119 e. The van der Waals surface area contributed by atoms with Crippen LogP contribution in [0.15, 0.2) is 54.6 Å². The molecule has 2 atom stereocenters. The molecule has 3 nitrogen and oxygen atoms in total. The Morgan fingerprint density at radius 1 is 1.19 bits per heavy atom. The molecule has 3 rings (SSSR count). The fourth-order valence-electron chi connectivity index (χ4n) is 4.15. The van der Waals surface area contributed by atoms with Crippen molar-refractivity contribution in [1.82, 2.24) is 4.90 Å². The van der Waals surface area contributed by atoms with Gasteiger partial charge in [0.25, 0.3) is 0 Å². The van der Waals surface area contributed by atoms with Crippen molar-refractivity contribution in [2.45, 2.75) is 37.3 Å². The van der Waals surface area contributed by atoms with Crippen LogP contribution >= 0.6 is 11.6 Å². The highest BCUT2D eigenvalue weighted by molar-refractivity contribution is 6.17. The van der Waals surface area contributed by atoms with E-state index in [4.69, 9.17) is 16.3 Å². The van der Waals surface area contributed by atoms with Gasteiger partial charge in [0, 0.05) is 19.0 Å². The van der Waals surface area contributed by atoms with Crippen molar-refractivity contribution in [3.63, 3.8) is 0 Å². The Balaban J connectivity index is 2.05. The molecular formula is C22H28ClNO2. The van der Waals surface area contributed by atoms with Crippen LogP contribution in [0, 0.1) is 0 Å². The zero-order valence-corrected chi connectivity index (χ0v) is 16.2. The molecule has 0 bridgehead atoms. The number of hydrogen-bond acceptors (Lipinski definition) is 3. The van der Waals surface area contributed by atoms with Crippen LogP contribution in [-0.2, 0) is 12.0 Å². The Morgan fingerprint density at radius 3 is 2.73 bits per heavy atom. The summed E-state index contributed by atoms with van der Waals surface area (Å²) in [6, 6.07) is 18.8. The van der Waals surface area contributed by atoms with Crippen LogP contribution < -0.4 is 4.74 Å². The first-order chi connectivity index (χ1) is 12.7. The number of aliphatic hydroxyl groups is 1. The highest BCUT2D eigenvalue weighted by atomic mass is 35.5. The molecule has 1 N–H and O–H groups in total. The van der Waals surface area contributed by atoms with Gasteiger partial charge in [0.2, 0.25) is 0 Å². The van der Waals surface area contributed by atoms with Gasteiger partial charge < -0.3 is 9.84 Å². The number of benzene rings is 2. The number of halogens is 1. The van der Waals surface area contributed by atoms with E-state index in [1.165, 1.54) is 11.1 Å². The number of rotatable bonds is 7. The van der Waals surface area contributed by atoms with Crippen LogP contribution in [0.1, 0.15) is 30.4 Å². The number of alkyl halides is 1. The summed E-state index contributed by atoms with van der Waals surface area (Å²) < 4.78 is 5.48. The molecule has 0 aliphatic carbocycles. The molecule has 26 heavy (non-hydrogen) atoms. The topological polar surface area (TPSA) is 32.7 Å². The maximum Gasteiger partial charge on any atom is 0.119 e. The minimum Gasteiger partial charge on any atom is -0.497 e. The van der Waals surface area contributed by atoms with E-state index in [9.17, 15) is 5.11 Å². The van der Waals surface area contributed by atoms with Crippen molar-refractivity contribution >= 4 is 11.6 Å². The molecule has 0 spiro atoms. The van der Waals surface area contributed by atoms with E-state index in [1.54, 1.807) is 7.11 Å². The summed E-state index contributed by atoms with van der Waals surface area (Å²) in [5.74, 6) is 1.51. The van der Waals surface area contributed by atoms with Crippen LogP contribution in [0.5, 0.6) is 5.75 Å². The first-order valence-corrected chi connectivity index (χ1v) is 9.89. The van der Waals surface area contributed by atoms with Crippen LogP contribution in [0.2, 0.25) is 0 Å². The Labute approximate surface area is 161 Å². The number of piperidine rings is 1. The summed E-state index contributed by atoms with van der Waals surface area (Å²) in [7, 11) is 1.70. The van der Waals surface area contributed by atoms with Crippen molar-refractivity contribution < 1.29 is 9.84 Å². The summed E-state index contributed by atoms with van der Waals surface area (Å²) in [4.78, 5) is 2.52. The van der Waals surface area contributed by atoms with Gasteiger partial charge in [-0.05, 0) is 48.9 Å². The molecule has 0 amide bonds. The maximum atomic E-state index is 10.6. The van der Waals surface area contributed by atoms with Crippen molar-refractivity contribution in [3.05, 3.63) is 65.7 Å². The van der Waals surface area contributed by atoms with Gasteiger partial charge in [-0.2, -0.15) is 0 Å². The third-order valence-corrected chi connectivity index (χ3v) is 5.69. The summed E-state index contributed by atoms with van der Waals surface area (Å²) in [6.07, 6.45) is 3.04. The predicted molar refractivity (Wildman–Crippen MR) is 107 cm³/mol. The molecule has 1 aliphatic heterocycles. The van der Waals surface area contributed by atoms with Crippen LogP contribution in [0.3, 0.4) is 0 Å². The largest absolute Gasteiger partial charge is 0.497 e. The number of likely N-dealkylation sites (tertiary alicyclic amines) is 1. The summed E-state index contributed by atoms with van der Waals surface area (Å²) in [5, 5.41) is 10.6. The van der Waals surface area contributed by atoms with Crippen molar-refractivity contribution in [1.29, 1.82) is 0 Å². The highest BCUT2D eigenvalue weighted by Gasteiger charge is 2.43. The summed E-state index contributed by atoms with van der Waals surface area (Å²) in [6.45, 7) is 1.81. The van der Waals surface area contributed by atoms with Gasteiger partial charge in [0.05, 0.1) is 18.8 Å². The van der Waals surface area contributed by atoms with E-state index >= 15 is 0 Å². The lowest BCUT2D eigenvalue weighted by Crippen LogP contribution is -2.54. The number of nitrogens with zero attached hydrogens (tertiary/aromatic N) is 1. The van der Waals surface area contributed by atoms with Gasteiger partial charge in [-0.3, -0.25) is 4.90 Å². The Hall–Kier alpha value is -1.55. The first kappa shape index (κ1) is 19.2. The SMILES string of the molecule is COc1cccc(C2(Cc3ccccc3)CC(O)CCN2CCCCl)c1. The van der Waals surface area contributed by atoms with E-state index in [2.05, 4.69) is 41.3 Å². The molecule has 1 aliphatic rings. The summed E-state index contributed by atoms with van der Waals surface area (Å²) in [5.41, 5.74) is 2.23. The molecule has 1 heterocycles. The van der Waals surface area contributed by atoms with E-state index in [0.29, 0.717) is 5.88 Å². The van der Waals surface area contributed by atoms with E-state index in [1.807, 2.05) is 18.2 Å². The van der Waals surface area contributed by atoms with Gasteiger partial charge in [0.1, 0.15) is 5.75 Å². The highest BCUT2D eigenvalue weighted by Crippen LogP contribution is 2.41. The fourth-order valence-corrected chi connectivity index (χ4v) is 4.27. The number of aliphatic hydroxyl groups excluding tert-OH is 1. The third-order valence-electron chi connectivity index (χ3n) is 5.42. The minimum atomic E-state index is -0.294. The van der Waals surface area contributed by atoms with Crippen LogP contribution in [-0.4, -0.2) is 42.2 Å². The zero-order chi connectivity index (χ0) is 18.4. The van der Waals surface area contributed by atoms with Crippen molar-refractivity contribution in [2.24, 2.45) is 0 Å². The Bertz CT molecular complexity index is 692. The van der Waals surface area contributed by atoms with E-state index in [0.717, 1.165) is 44.5 Å². The lowest BCUT2D eigenvalue weighted by Gasteiger charge is -2.49. The molecule has 0 saturated carbocycles. The minimum absolute atomic E-state index is 0.250. The number of ether oxygens (including phenoxy) is 1. The number of hydrogen-bond donors (Lipinski definition) is 1. The van der Waals surface area contributed by atoms with Crippen LogP contribution in [0.25, 0.3) is 0 Å². The van der Waals surface area contributed by atoms with Crippen molar-refractivity contribution in [3.8, 4) is 5.75 Å². The van der Waals surface area contributed by atoms with E-state index in [-0.39, 0.29) is 11.6 Å². The lowest BCUT2D eigenvalue weighted by atomic mass is 9.75. The van der Waals surface area contributed by atoms with Gasteiger partial charge in [0.15, 0.2) is 0 Å². The zero-order valence-electron chi connectivity index (χ0n) is 15.4. The molecule has 2 aromatic rings. The van der Waals surface area contributed by atoms with Gasteiger partial charge >= 0.3 is 0 Å². The Morgan fingerprint density at radius 2 is 2.00 bits per heavy atom. The molecule has 4 heteroatoms. The average Bonchev–Trinajstić information content (AvgIpc) is 2.68. The molecule has 0 aromatic heterocycles. The quantitative estimate of drug-likeness (QED) is 0.737. The maximum absolute atomic E-state index is 10.6. The van der Waals surface area contributed by atoms with E-state index < -0.39 is 0 Å². The predicted octanol–water partition coefficient (Wildman–Crippen LogP) is 4.22. The Kier molecular flexibility index (Phi) is 6.58. The summed E-state index contributed by atoms with van der Waals surface area (Å²) >= 11 is 6.00. The van der Waals surface area contributed by atoms with Gasteiger partial charge in [-0.15, -0.1) is 11.6 Å². The molecule has 2 aromatic carbocycles. The molecule has 0 radical (unpaired) electrons. The van der Waals surface area contributed by atoms with Crippen LogP contribution in [0.4, 0.5) is 0 Å². The average molecular weight is 374 g/mol. The van der Waals surface area contributed by atoms with Crippen molar-refractivity contribution in [2.75, 3.05) is 26.1 Å². The van der Waals surface area contributed by atoms with Gasteiger partial charge in [-0.1, -0.05) is 42.5 Å². The second-order valence-electron chi connectivity index (χ2n) is 7.10. The monoisotopic (exact) mass is 373 g/mol. The fraction of sp³-hybridized carbons (Fsp3) is 0.455. The lowest BCUT2D eigenvalue weighted by molar-refractivity contribution is -0.0258. The second-order valence-corrected chi connectivity index (χ2v) is 7.48. The molecule has 140 valence electrons. The normalized spacial score (nSPS) is 23.7. The standard InChI is InChI=1S/C22H28ClNO2/c1-26-21-10-5-9-19(15-21)22(16-18-7-3-2-4-8-18)17-20(25)11-14-24(22)13-6-12-23/h2-5,7-10,15,20,25H,6,11-14,16-17H2,1H3. The molecule has 2 unspecified atom stereocenters. The molecule has 1 saturated heterocycles. The molecule has 1 fully saturated rings. The molecular weight excluding hydrogens is 346 g/mol. The van der Waals surface area contributed by atoms with Gasteiger partial charge in [-0.25, -0.2) is 0 Å². The third kappa shape index (κ3) is 4.22. The number of methoxy groups -OCH3 is 1. The second kappa shape index (κ2) is 8.90.